The summed E-state index contributed by atoms with van der Waals surface area (Å²) in [6.45, 7) is 3.77. The van der Waals surface area contributed by atoms with Gasteiger partial charge in [-0.15, -0.1) is 0 Å². The minimum absolute atomic E-state index is 0.0697. The lowest BCUT2D eigenvalue weighted by Gasteiger charge is -2.31. The maximum Gasteiger partial charge on any atom is 0.305 e. The number of carbonyl (C=O) groups is 2. The van der Waals surface area contributed by atoms with Gasteiger partial charge in [-0.3, -0.25) is 9.59 Å². The topological polar surface area (TPSA) is 66.4 Å². The quantitative estimate of drug-likeness (QED) is 0.843. The highest BCUT2D eigenvalue weighted by Crippen LogP contribution is 2.21. The van der Waals surface area contributed by atoms with E-state index in [4.69, 9.17) is 5.11 Å². The molecule has 1 aromatic rings. The first-order valence-corrected chi connectivity index (χ1v) is 7.01. The first kappa shape index (κ1) is 15.7. The molecule has 0 unspecified atom stereocenters. The molecule has 0 saturated carbocycles. The summed E-state index contributed by atoms with van der Waals surface area (Å²) in [6, 6.07) is 7.03. The van der Waals surface area contributed by atoms with E-state index in [-0.39, 0.29) is 12.3 Å². The molecule has 0 saturated heterocycles. The van der Waals surface area contributed by atoms with Crippen LogP contribution in [0.25, 0.3) is 0 Å². The predicted octanol–water partition coefficient (Wildman–Crippen LogP) is 3.21. The molecule has 104 valence electrons. The van der Waals surface area contributed by atoms with Gasteiger partial charge < -0.3 is 10.4 Å². The average Bonchev–Trinajstić information content (AvgIpc) is 2.37. The lowest BCUT2D eigenvalue weighted by atomic mass is 9.88. The smallest absolute Gasteiger partial charge is 0.305 e. The molecule has 0 aliphatic heterocycles. The molecule has 0 spiro atoms. The second-order valence-electron chi connectivity index (χ2n) is 4.52. The van der Waals surface area contributed by atoms with Crippen molar-refractivity contribution in [1.29, 1.82) is 0 Å². The molecule has 0 radical (unpaired) electrons. The van der Waals surface area contributed by atoms with Gasteiger partial charge in [-0.05, 0) is 31.0 Å². The van der Waals surface area contributed by atoms with E-state index in [2.05, 4.69) is 21.2 Å². The van der Waals surface area contributed by atoms with Crippen molar-refractivity contribution in [1.82, 2.24) is 5.32 Å². The molecule has 1 amide bonds. The number of benzene rings is 1. The fraction of sp³-hybridized carbons (Fsp3) is 0.429. The Labute approximate surface area is 121 Å². The van der Waals surface area contributed by atoms with Crippen LogP contribution in [0, 0.1) is 0 Å². The van der Waals surface area contributed by atoms with E-state index in [0.29, 0.717) is 18.4 Å². The fourth-order valence-electron chi connectivity index (χ4n) is 1.95. The number of hydrogen-bond donors (Lipinski definition) is 2. The maximum atomic E-state index is 12.2. The van der Waals surface area contributed by atoms with Gasteiger partial charge in [-0.1, -0.05) is 35.8 Å². The minimum Gasteiger partial charge on any atom is -0.481 e. The normalized spacial score (nSPS) is 11.1. The Kier molecular flexibility index (Phi) is 5.54. The molecule has 1 rings (SSSR count). The number of carboxylic acid groups (broad SMARTS) is 1. The number of aliphatic carboxylic acids is 1. The molecule has 0 bridgehead atoms. The summed E-state index contributed by atoms with van der Waals surface area (Å²) in [4.78, 5) is 23.1. The van der Waals surface area contributed by atoms with Gasteiger partial charge in [0.25, 0.3) is 5.91 Å². The Bertz CT molecular complexity index is 470. The van der Waals surface area contributed by atoms with Gasteiger partial charge in [-0.2, -0.15) is 0 Å². The standard InChI is InChI=1S/C14H18BrNO3/c1-3-14(4-2,9-12(17)18)16-13(19)10-6-5-7-11(15)8-10/h5-8H,3-4,9H2,1-2H3,(H,16,19)(H,17,18). The summed E-state index contributed by atoms with van der Waals surface area (Å²) in [5.74, 6) is -1.15. The molecular weight excluding hydrogens is 310 g/mol. The molecule has 4 nitrogen and oxygen atoms in total. The zero-order chi connectivity index (χ0) is 14.5. The van der Waals surface area contributed by atoms with Crippen molar-refractivity contribution in [2.45, 2.75) is 38.6 Å². The molecule has 0 aliphatic carbocycles. The number of amides is 1. The molecule has 19 heavy (non-hydrogen) atoms. The van der Waals surface area contributed by atoms with Gasteiger partial charge in [-0.25, -0.2) is 0 Å². The molecule has 0 aromatic heterocycles. The van der Waals surface area contributed by atoms with Gasteiger partial charge in [0.15, 0.2) is 0 Å². The maximum absolute atomic E-state index is 12.2. The van der Waals surface area contributed by atoms with E-state index in [0.717, 1.165) is 4.47 Å². The van der Waals surface area contributed by atoms with Crippen molar-refractivity contribution in [3.63, 3.8) is 0 Å². The zero-order valence-corrected chi connectivity index (χ0v) is 12.7. The van der Waals surface area contributed by atoms with Crippen LogP contribution in [-0.2, 0) is 4.79 Å². The van der Waals surface area contributed by atoms with Gasteiger partial charge in [0.1, 0.15) is 0 Å². The SMILES string of the molecule is CCC(CC)(CC(=O)O)NC(=O)c1cccc(Br)c1. The number of carbonyl (C=O) groups excluding carboxylic acids is 1. The van der Waals surface area contributed by atoms with Crippen LogP contribution in [0.15, 0.2) is 28.7 Å². The third-order valence-corrected chi connectivity index (χ3v) is 3.80. The third-order valence-electron chi connectivity index (χ3n) is 3.31. The highest BCUT2D eigenvalue weighted by atomic mass is 79.9. The van der Waals surface area contributed by atoms with E-state index in [1.54, 1.807) is 18.2 Å². The van der Waals surface area contributed by atoms with Crippen molar-refractivity contribution in [3.8, 4) is 0 Å². The second kappa shape index (κ2) is 6.70. The Morgan fingerprint density at radius 2 is 1.95 bits per heavy atom. The van der Waals surface area contributed by atoms with E-state index < -0.39 is 11.5 Å². The van der Waals surface area contributed by atoms with E-state index in [1.165, 1.54) is 0 Å². The Morgan fingerprint density at radius 3 is 2.42 bits per heavy atom. The number of carboxylic acids is 1. The van der Waals surface area contributed by atoms with E-state index in [9.17, 15) is 9.59 Å². The summed E-state index contributed by atoms with van der Waals surface area (Å²) in [7, 11) is 0. The molecule has 0 fully saturated rings. The lowest BCUT2D eigenvalue weighted by molar-refractivity contribution is -0.138. The van der Waals surface area contributed by atoms with Gasteiger partial charge in [0, 0.05) is 10.0 Å². The Balaban J connectivity index is 2.90. The number of hydrogen-bond acceptors (Lipinski definition) is 2. The van der Waals surface area contributed by atoms with E-state index in [1.807, 2.05) is 19.9 Å². The largest absolute Gasteiger partial charge is 0.481 e. The molecular formula is C14H18BrNO3. The van der Waals surface area contributed by atoms with Crippen molar-refractivity contribution in [2.24, 2.45) is 0 Å². The molecule has 0 heterocycles. The second-order valence-corrected chi connectivity index (χ2v) is 5.44. The number of nitrogens with one attached hydrogen (secondary N) is 1. The molecule has 1 aromatic carbocycles. The first-order chi connectivity index (χ1) is 8.92. The van der Waals surface area contributed by atoms with Crippen molar-refractivity contribution in [2.75, 3.05) is 0 Å². The van der Waals surface area contributed by atoms with Crippen molar-refractivity contribution >= 4 is 27.8 Å². The lowest BCUT2D eigenvalue weighted by Crippen LogP contribution is -2.49. The summed E-state index contributed by atoms with van der Waals surface area (Å²) in [6.07, 6.45) is 1.09. The Morgan fingerprint density at radius 1 is 1.32 bits per heavy atom. The molecule has 2 N–H and O–H groups in total. The van der Waals surface area contributed by atoms with Crippen molar-refractivity contribution < 1.29 is 14.7 Å². The van der Waals surface area contributed by atoms with Gasteiger partial charge >= 0.3 is 5.97 Å². The first-order valence-electron chi connectivity index (χ1n) is 6.22. The number of halogens is 1. The highest BCUT2D eigenvalue weighted by molar-refractivity contribution is 9.10. The molecule has 0 atom stereocenters. The van der Waals surface area contributed by atoms with Crippen LogP contribution in [0.1, 0.15) is 43.5 Å². The van der Waals surface area contributed by atoms with Crippen LogP contribution >= 0.6 is 15.9 Å². The van der Waals surface area contributed by atoms with Gasteiger partial charge in [0.2, 0.25) is 0 Å². The monoisotopic (exact) mass is 327 g/mol. The third kappa shape index (κ3) is 4.35. The summed E-state index contributed by atoms with van der Waals surface area (Å²) >= 11 is 3.31. The van der Waals surface area contributed by atoms with Crippen molar-refractivity contribution in [3.05, 3.63) is 34.3 Å². The Hall–Kier alpha value is -1.36. The van der Waals surface area contributed by atoms with Crippen LogP contribution in [0.2, 0.25) is 0 Å². The summed E-state index contributed by atoms with van der Waals surface area (Å²) in [5.41, 5.74) is -0.170. The average molecular weight is 328 g/mol. The number of rotatable bonds is 6. The molecule has 5 heteroatoms. The van der Waals surface area contributed by atoms with Crippen LogP contribution in [0.3, 0.4) is 0 Å². The summed E-state index contributed by atoms with van der Waals surface area (Å²) < 4.78 is 0.817. The fourth-order valence-corrected chi connectivity index (χ4v) is 2.35. The van der Waals surface area contributed by atoms with Crippen LogP contribution < -0.4 is 5.32 Å². The van der Waals surface area contributed by atoms with E-state index >= 15 is 0 Å². The van der Waals surface area contributed by atoms with Gasteiger partial charge in [0.05, 0.1) is 12.0 Å². The predicted molar refractivity (Wildman–Crippen MR) is 77.2 cm³/mol. The minimum atomic E-state index is -0.904. The zero-order valence-electron chi connectivity index (χ0n) is 11.1. The van der Waals surface area contributed by atoms with Crippen LogP contribution in [0.4, 0.5) is 0 Å². The van der Waals surface area contributed by atoms with Crippen LogP contribution in [0.5, 0.6) is 0 Å². The van der Waals surface area contributed by atoms with Crippen LogP contribution in [-0.4, -0.2) is 22.5 Å². The summed E-state index contributed by atoms with van der Waals surface area (Å²) in [5, 5.41) is 11.8. The highest BCUT2D eigenvalue weighted by Gasteiger charge is 2.31. The molecule has 0 aliphatic rings.